The summed E-state index contributed by atoms with van der Waals surface area (Å²) in [5, 5.41) is 0. The Kier molecular flexibility index (Phi) is 4.45. The first kappa shape index (κ1) is 11.0. The van der Waals surface area contributed by atoms with Crippen molar-refractivity contribution in [3.05, 3.63) is 47.5 Å². The lowest BCUT2D eigenvalue weighted by Gasteiger charge is -2.04. The van der Waals surface area contributed by atoms with Crippen LogP contribution in [0.15, 0.2) is 36.4 Å². The Morgan fingerprint density at radius 2 is 1.79 bits per heavy atom. The average Bonchev–Trinajstić information content (AvgIpc) is 2.18. The van der Waals surface area contributed by atoms with Crippen LogP contribution in [0.4, 0.5) is 0 Å². The zero-order valence-corrected chi connectivity index (χ0v) is 9.46. The fourth-order valence-electron chi connectivity index (χ4n) is 1.57. The molecule has 1 rings (SSSR count). The van der Waals surface area contributed by atoms with E-state index in [1.807, 2.05) is 0 Å². The van der Waals surface area contributed by atoms with Gasteiger partial charge in [-0.1, -0.05) is 57.2 Å². The second kappa shape index (κ2) is 5.64. The van der Waals surface area contributed by atoms with Gasteiger partial charge in [0.2, 0.25) is 0 Å². The summed E-state index contributed by atoms with van der Waals surface area (Å²) in [7, 11) is 0. The summed E-state index contributed by atoms with van der Waals surface area (Å²) in [5.74, 6) is 0.656. The molecule has 0 atom stereocenters. The van der Waals surface area contributed by atoms with Gasteiger partial charge >= 0.3 is 0 Å². The molecule has 0 aliphatic carbocycles. The Morgan fingerprint density at radius 3 is 2.36 bits per heavy atom. The molecule has 0 unspecified atom stereocenters. The molecule has 0 heterocycles. The third kappa shape index (κ3) is 3.37. The molecule has 0 aliphatic heterocycles. The van der Waals surface area contributed by atoms with Crippen LogP contribution in [0.2, 0.25) is 0 Å². The molecule has 1 aromatic carbocycles. The number of hydrogen-bond donors (Lipinski definition) is 0. The quantitative estimate of drug-likeness (QED) is 0.626. The van der Waals surface area contributed by atoms with Gasteiger partial charge in [0.15, 0.2) is 0 Å². The predicted molar refractivity (Wildman–Crippen MR) is 63.5 cm³/mol. The summed E-state index contributed by atoms with van der Waals surface area (Å²) in [6.45, 7) is 6.63. The Bertz CT molecular complexity index is 295. The molecule has 0 saturated carbocycles. The van der Waals surface area contributed by atoms with Crippen molar-refractivity contribution in [2.24, 2.45) is 5.92 Å². The van der Waals surface area contributed by atoms with E-state index in [4.69, 9.17) is 0 Å². The molecule has 0 bridgehead atoms. The SMILES string of the molecule is CCc1ccccc1CC=CC(C)C. The van der Waals surface area contributed by atoms with Crippen molar-refractivity contribution < 1.29 is 0 Å². The lowest BCUT2D eigenvalue weighted by molar-refractivity contribution is 0.827. The summed E-state index contributed by atoms with van der Waals surface area (Å²) in [5.41, 5.74) is 2.94. The van der Waals surface area contributed by atoms with Crippen molar-refractivity contribution in [2.45, 2.75) is 33.6 Å². The van der Waals surface area contributed by atoms with E-state index < -0.39 is 0 Å². The topological polar surface area (TPSA) is 0 Å². The molecule has 0 N–H and O–H groups in total. The van der Waals surface area contributed by atoms with Gasteiger partial charge in [0.05, 0.1) is 0 Å². The van der Waals surface area contributed by atoms with Crippen molar-refractivity contribution in [3.8, 4) is 0 Å². The molecular formula is C14H20. The van der Waals surface area contributed by atoms with E-state index in [1.54, 1.807) is 0 Å². The van der Waals surface area contributed by atoms with Gasteiger partial charge < -0.3 is 0 Å². The molecule has 0 amide bonds. The smallest absolute Gasteiger partial charge is 0.00946 e. The average molecular weight is 188 g/mol. The molecule has 0 radical (unpaired) electrons. The van der Waals surface area contributed by atoms with Gasteiger partial charge in [0.25, 0.3) is 0 Å². The standard InChI is InChI=1S/C14H20/c1-4-13-9-5-6-10-14(13)11-7-8-12(2)3/h5-10,12H,4,11H2,1-3H3. The highest BCUT2D eigenvalue weighted by Gasteiger charge is 1.96. The molecular weight excluding hydrogens is 168 g/mol. The first-order valence-electron chi connectivity index (χ1n) is 5.47. The second-order valence-corrected chi connectivity index (χ2v) is 4.00. The summed E-state index contributed by atoms with van der Waals surface area (Å²) in [6.07, 6.45) is 6.75. The van der Waals surface area contributed by atoms with Crippen molar-refractivity contribution in [1.82, 2.24) is 0 Å². The van der Waals surface area contributed by atoms with Crippen LogP contribution in [0.5, 0.6) is 0 Å². The van der Waals surface area contributed by atoms with E-state index >= 15 is 0 Å². The van der Waals surface area contributed by atoms with Crippen LogP contribution >= 0.6 is 0 Å². The van der Waals surface area contributed by atoms with Gasteiger partial charge in [0.1, 0.15) is 0 Å². The maximum Gasteiger partial charge on any atom is -0.00946 e. The van der Waals surface area contributed by atoms with Crippen LogP contribution in [0, 0.1) is 5.92 Å². The Labute approximate surface area is 87.7 Å². The van der Waals surface area contributed by atoms with E-state index in [-0.39, 0.29) is 0 Å². The fraction of sp³-hybridized carbons (Fsp3) is 0.429. The molecule has 0 heteroatoms. The number of benzene rings is 1. The summed E-state index contributed by atoms with van der Waals surface area (Å²) in [6, 6.07) is 8.69. The number of aryl methyl sites for hydroxylation is 1. The van der Waals surface area contributed by atoms with Crippen LogP contribution < -0.4 is 0 Å². The van der Waals surface area contributed by atoms with Gasteiger partial charge in [0, 0.05) is 0 Å². The lowest BCUT2D eigenvalue weighted by atomic mass is 10.0. The highest BCUT2D eigenvalue weighted by atomic mass is 14.0. The predicted octanol–water partition coefficient (Wildman–Crippen LogP) is 4.00. The van der Waals surface area contributed by atoms with Crippen LogP contribution in [0.3, 0.4) is 0 Å². The van der Waals surface area contributed by atoms with Crippen molar-refractivity contribution in [3.63, 3.8) is 0 Å². The second-order valence-electron chi connectivity index (χ2n) is 4.00. The monoisotopic (exact) mass is 188 g/mol. The highest BCUT2D eigenvalue weighted by molar-refractivity contribution is 5.28. The van der Waals surface area contributed by atoms with E-state index in [9.17, 15) is 0 Å². The Morgan fingerprint density at radius 1 is 1.14 bits per heavy atom. The molecule has 0 fully saturated rings. The van der Waals surface area contributed by atoms with Crippen molar-refractivity contribution in [1.29, 1.82) is 0 Å². The zero-order chi connectivity index (χ0) is 10.4. The first-order valence-corrected chi connectivity index (χ1v) is 5.47. The largest absolute Gasteiger partial charge is 0.0856 e. The van der Waals surface area contributed by atoms with E-state index in [2.05, 4.69) is 57.2 Å². The fourth-order valence-corrected chi connectivity index (χ4v) is 1.57. The molecule has 0 saturated heterocycles. The van der Waals surface area contributed by atoms with E-state index in [0.717, 1.165) is 12.8 Å². The van der Waals surface area contributed by atoms with Crippen LogP contribution in [-0.4, -0.2) is 0 Å². The van der Waals surface area contributed by atoms with Crippen molar-refractivity contribution >= 4 is 0 Å². The third-order valence-electron chi connectivity index (χ3n) is 2.36. The normalized spacial score (nSPS) is 11.4. The molecule has 0 aliphatic rings. The Hall–Kier alpha value is -1.04. The summed E-state index contributed by atoms with van der Waals surface area (Å²) in [4.78, 5) is 0. The van der Waals surface area contributed by atoms with Gasteiger partial charge in [-0.3, -0.25) is 0 Å². The van der Waals surface area contributed by atoms with Crippen LogP contribution in [-0.2, 0) is 12.8 Å². The number of hydrogen-bond acceptors (Lipinski definition) is 0. The molecule has 14 heavy (non-hydrogen) atoms. The maximum absolute atomic E-state index is 2.28. The summed E-state index contributed by atoms with van der Waals surface area (Å²) < 4.78 is 0. The van der Waals surface area contributed by atoms with Crippen molar-refractivity contribution in [2.75, 3.05) is 0 Å². The zero-order valence-electron chi connectivity index (χ0n) is 9.46. The summed E-state index contributed by atoms with van der Waals surface area (Å²) >= 11 is 0. The molecule has 76 valence electrons. The van der Waals surface area contributed by atoms with Crippen LogP contribution in [0.25, 0.3) is 0 Å². The molecule has 0 aromatic heterocycles. The highest BCUT2D eigenvalue weighted by Crippen LogP contribution is 2.11. The molecule has 0 nitrogen and oxygen atoms in total. The maximum atomic E-state index is 2.28. The van der Waals surface area contributed by atoms with E-state index in [1.165, 1.54) is 11.1 Å². The molecule has 0 spiro atoms. The lowest BCUT2D eigenvalue weighted by Crippen LogP contribution is -1.90. The van der Waals surface area contributed by atoms with Crippen LogP contribution in [0.1, 0.15) is 31.9 Å². The minimum absolute atomic E-state index is 0.656. The number of rotatable bonds is 4. The minimum Gasteiger partial charge on any atom is -0.0856 e. The minimum atomic E-state index is 0.656. The number of allylic oxidation sites excluding steroid dienone is 2. The van der Waals surface area contributed by atoms with Gasteiger partial charge in [-0.2, -0.15) is 0 Å². The Balaban J connectivity index is 2.66. The van der Waals surface area contributed by atoms with E-state index in [0.29, 0.717) is 5.92 Å². The van der Waals surface area contributed by atoms with Gasteiger partial charge in [-0.25, -0.2) is 0 Å². The van der Waals surface area contributed by atoms with Gasteiger partial charge in [-0.15, -0.1) is 0 Å². The first-order chi connectivity index (χ1) is 6.74. The van der Waals surface area contributed by atoms with Gasteiger partial charge in [-0.05, 0) is 29.9 Å². The molecule has 1 aromatic rings. The third-order valence-corrected chi connectivity index (χ3v) is 2.36.